The Bertz CT molecular complexity index is 318. The van der Waals surface area contributed by atoms with Gasteiger partial charge < -0.3 is 10.6 Å². The first-order chi connectivity index (χ1) is 8.13. The van der Waals surface area contributed by atoms with Crippen LogP contribution < -0.4 is 10.6 Å². The van der Waals surface area contributed by atoms with E-state index in [1.807, 2.05) is 0 Å². The van der Waals surface area contributed by atoms with E-state index in [1.165, 1.54) is 17.7 Å². The Balaban J connectivity index is 2.85. The van der Waals surface area contributed by atoms with Gasteiger partial charge in [0.2, 0.25) is 0 Å². The van der Waals surface area contributed by atoms with Crippen LogP contribution in [0.4, 0.5) is 5.69 Å². The maximum atomic E-state index is 6.03. The van der Waals surface area contributed by atoms with Gasteiger partial charge in [-0.3, -0.25) is 0 Å². The highest BCUT2D eigenvalue weighted by Crippen LogP contribution is 2.22. The van der Waals surface area contributed by atoms with Crippen molar-refractivity contribution in [3.8, 4) is 0 Å². The molecular weight excluding hydrogens is 208 g/mol. The molecule has 0 aliphatic rings. The van der Waals surface area contributed by atoms with Gasteiger partial charge in [-0.2, -0.15) is 0 Å². The lowest BCUT2D eigenvalue weighted by molar-refractivity contribution is 0.629. The molecular formula is C15H26N2. The van der Waals surface area contributed by atoms with Crippen LogP contribution >= 0.6 is 0 Å². The Morgan fingerprint density at radius 3 is 2.06 bits per heavy atom. The Kier molecular flexibility index (Phi) is 5.49. The minimum atomic E-state index is 0.169. The predicted octanol–water partition coefficient (Wildman–Crippen LogP) is 3.72. The van der Waals surface area contributed by atoms with Crippen molar-refractivity contribution in [3.63, 3.8) is 0 Å². The third-order valence-electron chi connectivity index (χ3n) is 3.56. The average Bonchev–Trinajstić information content (AvgIpc) is 2.39. The van der Waals surface area contributed by atoms with Crippen molar-refractivity contribution in [2.45, 2.75) is 52.6 Å². The van der Waals surface area contributed by atoms with Gasteiger partial charge in [-0.1, -0.05) is 26.0 Å². The van der Waals surface area contributed by atoms with Crippen molar-refractivity contribution in [3.05, 3.63) is 29.8 Å². The summed E-state index contributed by atoms with van der Waals surface area (Å²) in [6, 6.07) is 9.47. The summed E-state index contributed by atoms with van der Waals surface area (Å²) in [5, 5.41) is 0. The second kappa shape index (κ2) is 6.65. The molecule has 0 radical (unpaired) electrons. The largest absolute Gasteiger partial charge is 0.369 e. The fraction of sp³-hybridized carbons (Fsp3) is 0.600. The summed E-state index contributed by atoms with van der Waals surface area (Å²) in [7, 11) is 0. The van der Waals surface area contributed by atoms with E-state index in [4.69, 9.17) is 5.73 Å². The molecule has 17 heavy (non-hydrogen) atoms. The molecule has 2 N–H and O–H groups in total. The van der Waals surface area contributed by atoms with E-state index in [0.29, 0.717) is 6.04 Å². The van der Waals surface area contributed by atoms with Crippen LogP contribution in [-0.2, 0) is 0 Å². The van der Waals surface area contributed by atoms with E-state index < -0.39 is 0 Å². The summed E-state index contributed by atoms with van der Waals surface area (Å²) in [6.07, 6.45) is 2.16. The molecule has 0 saturated carbocycles. The number of benzene rings is 1. The Hall–Kier alpha value is -1.02. The van der Waals surface area contributed by atoms with Gasteiger partial charge in [-0.25, -0.2) is 0 Å². The highest BCUT2D eigenvalue weighted by molar-refractivity contribution is 5.48. The first-order valence-electron chi connectivity index (χ1n) is 6.76. The molecule has 2 atom stereocenters. The molecule has 2 nitrogen and oxygen atoms in total. The minimum Gasteiger partial charge on any atom is -0.369 e. The molecule has 0 aliphatic carbocycles. The van der Waals surface area contributed by atoms with Gasteiger partial charge in [0.1, 0.15) is 0 Å². The molecule has 1 aromatic rings. The lowest BCUT2D eigenvalue weighted by Gasteiger charge is -2.29. The molecule has 0 fully saturated rings. The summed E-state index contributed by atoms with van der Waals surface area (Å²) in [5.74, 6) is 0. The molecule has 0 amide bonds. The van der Waals surface area contributed by atoms with Gasteiger partial charge in [0.25, 0.3) is 0 Å². The van der Waals surface area contributed by atoms with E-state index in [2.05, 4.69) is 56.9 Å². The number of hydrogen-bond donors (Lipinski definition) is 1. The van der Waals surface area contributed by atoms with Gasteiger partial charge >= 0.3 is 0 Å². The SMILES string of the molecule is CCC(C)N(CC)c1ccc([C@H](N)CC)cc1. The molecule has 0 spiro atoms. The zero-order valence-electron chi connectivity index (χ0n) is 11.6. The van der Waals surface area contributed by atoms with Crippen molar-refractivity contribution < 1.29 is 0 Å². The summed E-state index contributed by atoms with van der Waals surface area (Å²) < 4.78 is 0. The fourth-order valence-corrected chi connectivity index (χ4v) is 2.12. The Morgan fingerprint density at radius 1 is 1.06 bits per heavy atom. The molecule has 1 unspecified atom stereocenters. The quantitative estimate of drug-likeness (QED) is 0.813. The first kappa shape index (κ1) is 14.0. The number of rotatable bonds is 6. The third-order valence-corrected chi connectivity index (χ3v) is 3.56. The Labute approximate surface area is 106 Å². The van der Waals surface area contributed by atoms with Crippen molar-refractivity contribution in [2.24, 2.45) is 5.73 Å². The normalized spacial score (nSPS) is 14.4. The zero-order valence-corrected chi connectivity index (χ0v) is 11.6. The van der Waals surface area contributed by atoms with Crippen LogP contribution in [0.3, 0.4) is 0 Å². The van der Waals surface area contributed by atoms with Crippen LogP contribution in [-0.4, -0.2) is 12.6 Å². The summed E-state index contributed by atoms with van der Waals surface area (Å²) >= 11 is 0. The zero-order chi connectivity index (χ0) is 12.8. The van der Waals surface area contributed by atoms with Crippen molar-refractivity contribution >= 4 is 5.69 Å². The van der Waals surface area contributed by atoms with Crippen LogP contribution in [0.5, 0.6) is 0 Å². The molecule has 0 bridgehead atoms. The topological polar surface area (TPSA) is 29.3 Å². The highest BCUT2D eigenvalue weighted by atomic mass is 15.1. The van der Waals surface area contributed by atoms with Gasteiger partial charge in [-0.15, -0.1) is 0 Å². The van der Waals surface area contributed by atoms with Gasteiger partial charge in [0.05, 0.1) is 0 Å². The maximum absolute atomic E-state index is 6.03. The molecule has 0 aromatic heterocycles. The van der Waals surface area contributed by atoms with Gasteiger partial charge in [-0.05, 0) is 44.4 Å². The molecule has 0 saturated heterocycles. The third kappa shape index (κ3) is 3.47. The fourth-order valence-electron chi connectivity index (χ4n) is 2.12. The van der Waals surface area contributed by atoms with Crippen LogP contribution in [0.15, 0.2) is 24.3 Å². The maximum Gasteiger partial charge on any atom is 0.0368 e. The van der Waals surface area contributed by atoms with E-state index in [1.54, 1.807) is 0 Å². The van der Waals surface area contributed by atoms with Crippen LogP contribution in [0.25, 0.3) is 0 Å². The molecule has 1 rings (SSSR count). The molecule has 0 heterocycles. The predicted molar refractivity (Wildman–Crippen MR) is 76.4 cm³/mol. The number of hydrogen-bond acceptors (Lipinski definition) is 2. The first-order valence-corrected chi connectivity index (χ1v) is 6.76. The van der Waals surface area contributed by atoms with Crippen molar-refractivity contribution in [1.29, 1.82) is 0 Å². The summed E-state index contributed by atoms with van der Waals surface area (Å²) in [6.45, 7) is 9.88. The van der Waals surface area contributed by atoms with Crippen LogP contribution in [0.2, 0.25) is 0 Å². The van der Waals surface area contributed by atoms with Gasteiger partial charge in [0, 0.05) is 24.3 Å². The molecule has 96 valence electrons. The Morgan fingerprint density at radius 2 is 1.65 bits per heavy atom. The monoisotopic (exact) mass is 234 g/mol. The van der Waals surface area contributed by atoms with E-state index in [9.17, 15) is 0 Å². The lowest BCUT2D eigenvalue weighted by atomic mass is 10.0. The number of anilines is 1. The van der Waals surface area contributed by atoms with E-state index in [-0.39, 0.29) is 6.04 Å². The van der Waals surface area contributed by atoms with Crippen LogP contribution in [0, 0.1) is 0 Å². The average molecular weight is 234 g/mol. The van der Waals surface area contributed by atoms with Crippen molar-refractivity contribution in [1.82, 2.24) is 0 Å². The second-order valence-corrected chi connectivity index (χ2v) is 4.65. The van der Waals surface area contributed by atoms with Crippen LogP contribution in [0.1, 0.15) is 52.1 Å². The van der Waals surface area contributed by atoms with E-state index in [0.717, 1.165) is 13.0 Å². The molecule has 1 aromatic carbocycles. The number of nitrogens with zero attached hydrogens (tertiary/aromatic N) is 1. The van der Waals surface area contributed by atoms with Crippen molar-refractivity contribution in [2.75, 3.05) is 11.4 Å². The molecule has 2 heteroatoms. The highest BCUT2D eigenvalue weighted by Gasteiger charge is 2.11. The van der Waals surface area contributed by atoms with Gasteiger partial charge in [0.15, 0.2) is 0 Å². The lowest BCUT2D eigenvalue weighted by Crippen LogP contribution is -2.32. The number of nitrogens with two attached hydrogens (primary N) is 1. The molecule has 0 aliphatic heterocycles. The summed E-state index contributed by atoms with van der Waals surface area (Å²) in [5.41, 5.74) is 8.56. The van der Waals surface area contributed by atoms with E-state index >= 15 is 0 Å². The summed E-state index contributed by atoms with van der Waals surface area (Å²) in [4.78, 5) is 2.43. The standard InChI is InChI=1S/C15H26N2/c1-5-12(4)17(7-3)14-10-8-13(9-11-14)15(16)6-2/h8-12,15H,5-7,16H2,1-4H3/t12?,15-/m1/s1. The minimum absolute atomic E-state index is 0.169. The smallest absolute Gasteiger partial charge is 0.0368 e. The second-order valence-electron chi connectivity index (χ2n) is 4.65.